The number of alkyl halides is 3. The van der Waals surface area contributed by atoms with Gasteiger partial charge < -0.3 is 4.90 Å². The zero-order chi connectivity index (χ0) is 14.6. The lowest BCUT2D eigenvalue weighted by Gasteiger charge is -2.20. The Balaban J connectivity index is 2.90. The first-order chi connectivity index (χ1) is 8.74. The van der Waals surface area contributed by atoms with Crippen molar-refractivity contribution in [1.82, 2.24) is 0 Å². The summed E-state index contributed by atoms with van der Waals surface area (Å²) in [7, 11) is 1.42. The van der Waals surface area contributed by atoms with E-state index < -0.39 is 17.5 Å². The van der Waals surface area contributed by atoms with E-state index in [2.05, 4.69) is 0 Å². The highest BCUT2D eigenvalue weighted by Crippen LogP contribution is 2.25. The largest absolute Gasteiger partial charge is 0.390 e. The van der Waals surface area contributed by atoms with Crippen LogP contribution >= 0.6 is 0 Å². The van der Waals surface area contributed by atoms with Crippen LogP contribution in [0, 0.1) is 10.1 Å². The summed E-state index contributed by atoms with van der Waals surface area (Å²) < 4.78 is 36.2. The van der Waals surface area contributed by atoms with Gasteiger partial charge >= 0.3 is 6.18 Å². The van der Waals surface area contributed by atoms with Crippen molar-refractivity contribution in [3.05, 3.63) is 33.9 Å². The number of benzene rings is 1. The third-order valence-corrected chi connectivity index (χ3v) is 2.51. The molecule has 0 aliphatic rings. The Morgan fingerprint density at radius 1 is 1.42 bits per heavy atom. The predicted molar refractivity (Wildman–Crippen MR) is 62.4 cm³/mol. The lowest BCUT2D eigenvalue weighted by molar-refractivity contribution is -0.385. The van der Waals surface area contributed by atoms with Gasteiger partial charge in [-0.15, -0.1) is 0 Å². The van der Waals surface area contributed by atoms with Gasteiger partial charge in [-0.25, -0.2) is 0 Å². The van der Waals surface area contributed by atoms with Crippen LogP contribution in [0.2, 0.25) is 0 Å². The molecule has 0 bridgehead atoms. The third kappa shape index (κ3) is 4.23. The molecule has 0 unspecified atom stereocenters. The van der Waals surface area contributed by atoms with Crippen molar-refractivity contribution in [3.8, 4) is 0 Å². The van der Waals surface area contributed by atoms with Crippen LogP contribution in [0.4, 0.5) is 24.5 Å². The van der Waals surface area contributed by atoms with E-state index in [0.717, 1.165) is 6.07 Å². The second kappa shape index (κ2) is 5.68. The molecular formula is C11H11F3N2O3. The average molecular weight is 276 g/mol. The Bertz CT molecular complexity index is 489. The molecule has 1 aromatic rings. The van der Waals surface area contributed by atoms with Crippen molar-refractivity contribution in [1.29, 1.82) is 0 Å². The van der Waals surface area contributed by atoms with Crippen molar-refractivity contribution in [2.24, 2.45) is 0 Å². The minimum Gasteiger partial charge on any atom is -0.374 e. The molecule has 0 fully saturated rings. The maximum Gasteiger partial charge on any atom is 0.390 e. The van der Waals surface area contributed by atoms with Gasteiger partial charge in [0, 0.05) is 25.3 Å². The number of hydrogen-bond donors (Lipinski definition) is 0. The van der Waals surface area contributed by atoms with Crippen LogP contribution in [-0.4, -0.2) is 31.0 Å². The molecule has 0 heterocycles. The van der Waals surface area contributed by atoms with Gasteiger partial charge in [0.1, 0.15) is 0 Å². The molecule has 0 aromatic heterocycles. The number of anilines is 1. The number of halogens is 3. The van der Waals surface area contributed by atoms with E-state index >= 15 is 0 Å². The van der Waals surface area contributed by atoms with E-state index in [1.165, 1.54) is 24.1 Å². The first-order valence-electron chi connectivity index (χ1n) is 5.26. The SMILES string of the molecule is CN(CCC(F)(F)F)c1ccc([N+](=O)[O-])c(C=O)c1. The third-order valence-electron chi connectivity index (χ3n) is 2.51. The van der Waals surface area contributed by atoms with E-state index in [0.29, 0.717) is 12.0 Å². The topological polar surface area (TPSA) is 63.4 Å². The van der Waals surface area contributed by atoms with Gasteiger partial charge in [-0.1, -0.05) is 0 Å². The molecule has 0 N–H and O–H groups in total. The number of carbonyl (C=O) groups is 1. The normalized spacial score (nSPS) is 11.2. The quantitative estimate of drug-likeness (QED) is 0.471. The Hall–Kier alpha value is -2.12. The van der Waals surface area contributed by atoms with Crippen LogP contribution < -0.4 is 4.90 Å². The van der Waals surface area contributed by atoms with Crippen LogP contribution in [0.15, 0.2) is 18.2 Å². The van der Waals surface area contributed by atoms with Crippen LogP contribution in [0.25, 0.3) is 0 Å². The average Bonchev–Trinajstić information content (AvgIpc) is 2.34. The first-order valence-corrected chi connectivity index (χ1v) is 5.26. The molecule has 0 aliphatic heterocycles. The summed E-state index contributed by atoms with van der Waals surface area (Å²) in [6.45, 7) is -0.292. The van der Waals surface area contributed by atoms with Crippen molar-refractivity contribution in [3.63, 3.8) is 0 Å². The van der Waals surface area contributed by atoms with Gasteiger partial charge in [0.25, 0.3) is 5.69 Å². The van der Waals surface area contributed by atoms with Crippen LogP contribution in [0.3, 0.4) is 0 Å². The fourth-order valence-electron chi connectivity index (χ4n) is 1.46. The van der Waals surface area contributed by atoms with E-state index in [-0.39, 0.29) is 17.8 Å². The predicted octanol–water partition coefficient (Wildman–Crippen LogP) is 2.80. The van der Waals surface area contributed by atoms with Gasteiger partial charge in [-0.3, -0.25) is 14.9 Å². The smallest absolute Gasteiger partial charge is 0.374 e. The molecule has 0 saturated carbocycles. The molecule has 19 heavy (non-hydrogen) atoms. The molecule has 0 spiro atoms. The number of aldehydes is 1. The van der Waals surface area contributed by atoms with Crippen LogP contribution in [-0.2, 0) is 0 Å². The maximum atomic E-state index is 12.1. The summed E-state index contributed by atoms with van der Waals surface area (Å²) in [4.78, 5) is 21.9. The second-order valence-corrected chi connectivity index (χ2v) is 3.90. The van der Waals surface area contributed by atoms with Crippen LogP contribution in [0.1, 0.15) is 16.8 Å². The Morgan fingerprint density at radius 2 is 2.05 bits per heavy atom. The number of carbonyl (C=O) groups excluding carboxylic acids is 1. The molecule has 8 heteroatoms. The summed E-state index contributed by atoms with van der Waals surface area (Å²) in [5.41, 5.74) is -0.221. The van der Waals surface area contributed by atoms with E-state index in [4.69, 9.17) is 0 Å². The second-order valence-electron chi connectivity index (χ2n) is 3.90. The highest BCUT2D eigenvalue weighted by atomic mass is 19.4. The zero-order valence-electron chi connectivity index (χ0n) is 9.98. The lowest BCUT2D eigenvalue weighted by atomic mass is 10.1. The fourth-order valence-corrected chi connectivity index (χ4v) is 1.46. The van der Waals surface area contributed by atoms with Crippen molar-refractivity contribution < 1.29 is 22.9 Å². The Labute approximate surface area is 106 Å². The number of rotatable bonds is 5. The van der Waals surface area contributed by atoms with Gasteiger partial charge in [-0.2, -0.15) is 13.2 Å². The molecule has 1 aromatic carbocycles. The summed E-state index contributed by atoms with van der Waals surface area (Å²) in [5.74, 6) is 0. The van der Waals surface area contributed by atoms with Gasteiger partial charge in [0.2, 0.25) is 0 Å². The monoisotopic (exact) mass is 276 g/mol. The summed E-state index contributed by atoms with van der Waals surface area (Å²) in [6.07, 6.45) is -4.97. The van der Waals surface area contributed by atoms with Crippen molar-refractivity contribution in [2.45, 2.75) is 12.6 Å². The number of nitro groups is 1. The fraction of sp³-hybridized carbons (Fsp3) is 0.364. The highest BCUT2D eigenvalue weighted by molar-refractivity contribution is 5.83. The molecule has 1 rings (SSSR count). The molecule has 0 radical (unpaired) electrons. The minimum atomic E-state index is -4.28. The first kappa shape index (κ1) is 14.9. The van der Waals surface area contributed by atoms with E-state index in [1.54, 1.807) is 0 Å². The van der Waals surface area contributed by atoms with Crippen molar-refractivity contribution in [2.75, 3.05) is 18.5 Å². The van der Waals surface area contributed by atoms with Gasteiger partial charge in [0.05, 0.1) is 16.9 Å². The van der Waals surface area contributed by atoms with Crippen LogP contribution in [0.5, 0.6) is 0 Å². The zero-order valence-corrected chi connectivity index (χ0v) is 9.98. The lowest BCUT2D eigenvalue weighted by Crippen LogP contribution is -2.24. The summed E-state index contributed by atoms with van der Waals surface area (Å²) >= 11 is 0. The molecule has 0 amide bonds. The molecular weight excluding hydrogens is 265 g/mol. The number of nitro benzene ring substituents is 1. The van der Waals surface area contributed by atoms with E-state index in [9.17, 15) is 28.1 Å². The van der Waals surface area contributed by atoms with Crippen molar-refractivity contribution >= 4 is 17.7 Å². The van der Waals surface area contributed by atoms with Gasteiger partial charge in [0.15, 0.2) is 6.29 Å². The maximum absolute atomic E-state index is 12.1. The number of hydrogen-bond acceptors (Lipinski definition) is 4. The number of nitrogens with zero attached hydrogens (tertiary/aromatic N) is 2. The van der Waals surface area contributed by atoms with E-state index in [1.807, 2.05) is 0 Å². The Morgan fingerprint density at radius 3 is 2.53 bits per heavy atom. The standard InChI is InChI=1S/C11H11F3N2O3/c1-15(5-4-11(12,13)14)9-2-3-10(16(18)19)8(6-9)7-17/h2-3,6-7H,4-5H2,1H3. The summed E-state index contributed by atoms with van der Waals surface area (Å²) in [6, 6.07) is 3.60. The summed E-state index contributed by atoms with van der Waals surface area (Å²) in [5, 5.41) is 10.6. The molecule has 0 aliphatic carbocycles. The highest BCUT2D eigenvalue weighted by Gasteiger charge is 2.27. The van der Waals surface area contributed by atoms with Gasteiger partial charge in [-0.05, 0) is 12.1 Å². The minimum absolute atomic E-state index is 0.165. The molecule has 0 atom stereocenters. The molecule has 5 nitrogen and oxygen atoms in total. The molecule has 104 valence electrons. The Kier molecular flexibility index (Phi) is 4.47. The molecule has 0 saturated heterocycles.